The van der Waals surface area contributed by atoms with Gasteiger partial charge in [0.15, 0.2) is 9.84 Å². The van der Waals surface area contributed by atoms with Gasteiger partial charge in [0.1, 0.15) is 5.75 Å². The molecule has 3 aromatic rings. The van der Waals surface area contributed by atoms with Gasteiger partial charge < -0.3 is 9.72 Å². The van der Waals surface area contributed by atoms with Gasteiger partial charge >= 0.3 is 0 Å². The molecule has 0 aliphatic carbocycles. The summed E-state index contributed by atoms with van der Waals surface area (Å²) < 4.78 is 30.7. The van der Waals surface area contributed by atoms with E-state index in [1.54, 1.807) is 31.5 Å². The van der Waals surface area contributed by atoms with Crippen molar-refractivity contribution in [1.82, 2.24) is 4.98 Å². The number of sulfone groups is 1. The molecule has 1 N–H and O–H groups in total. The van der Waals surface area contributed by atoms with E-state index in [4.69, 9.17) is 4.74 Å². The molecule has 0 radical (unpaired) electrons. The maximum Gasteiger partial charge on any atom is 0.182 e. The molecule has 23 heavy (non-hydrogen) atoms. The van der Waals surface area contributed by atoms with Crippen molar-refractivity contribution in [1.29, 1.82) is 0 Å². The second-order valence-corrected chi connectivity index (χ2v) is 7.18. The highest BCUT2D eigenvalue weighted by Gasteiger charge is 2.18. The molecule has 3 rings (SSSR count). The third-order valence-corrected chi connectivity index (χ3v) is 5.30. The van der Waals surface area contributed by atoms with E-state index in [0.29, 0.717) is 5.75 Å². The van der Waals surface area contributed by atoms with E-state index in [-0.39, 0.29) is 10.6 Å². The Labute approximate surface area is 135 Å². The first-order valence-corrected chi connectivity index (χ1v) is 8.84. The molecule has 0 fully saturated rings. The molecule has 0 amide bonds. The Kier molecular flexibility index (Phi) is 4.21. The summed E-state index contributed by atoms with van der Waals surface area (Å²) in [5.74, 6) is 0.607. The van der Waals surface area contributed by atoms with Crippen LogP contribution in [0.5, 0.6) is 5.75 Å². The molecule has 1 heterocycles. The number of hydrogen-bond acceptors (Lipinski definition) is 3. The Balaban J connectivity index is 2.01. The quantitative estimate of drug-likeness (QED) is 0.778. The summed E-state index contributed by atoms with van der Waals surface area (Å²) in [5, 5.41) is 0. The summed E-state index contributed by atoms with van der Waals surface area (Å²) in [4.78, 5) is 3.37. The van der Waals surface area contributed by atoms with Crippen molar-refractivity contribution in [2.45, 2.75) is 10.6 Å². The summed E-state index contributed by atoms with van der Waals surface area (Å²) in [6.45, 7) is 0. The molecule has 4 nitrogen and oxygen atoms in total. The van der Waals surface area contributed by atoms with Gasteiger partial charge in [-0.15, -0.1) is 0 Å². The Morgan fingerprint density at radius 1 is 1.00 bits per heavy atom. The second-order valence-electron chi connectivity index (χ2n) is 5.19. The van der Waals surface area contributed by atoms with Crippen molar-refractivity contribution in [2.24, 2.45) is 0 Å². The molecule has 0 aliphatic heterocycles. The van der Waals surface area contributed by atoms with Crippen LogP contribution in [0.15, 0.2) is 71.8 Å². The summed E-state index contributed by atoms with van der Waals surface area (Å²) in [6.07, 6.45) is 1.79. The smallest absolute Gasteiger partial charge is 0.182 e. The van der Waals surface area contributed by atoms with E-state index < -0.39 is 9.84 Å². The minimum Gasteiger partial charge on any atom is -0.496 e. The Morgan fingerprint density at radius 3 is 2.43 bits per heavy atom. The molecule has 0 spiro atoms. The third-order valence-electron chi connectivity index (χ3n) is 3.62. The van der Waals surface area contributed by atoms with Crippen molar-refractivity contribution in [3.8, 4) is 17.0 Å². The topological polar surface area (TPSA) is 59.2 Å². The molecule has 0 unspecified atom stereocenters. The van der Waals surface area contributed by atoms with Crippen LogP contribution in [0.25, 0.3) is 11.3 Å². The Morgan fingerprint density at radius 2 is 1.78 bits per heavy atom. The largest absolute Gasteiger partial charge is 0.496 e. The maximum atomic E-state index is 12.7. The first-order valence-electron chi connectivity index (χ1n) is 7.18. The normalized spacial score (nSPS) is 11.3. The number of rotatable bonds is 5. The van der Waals surface area contributed by atoms with E-state index in [0.717, 1.165) is 16.8 Å². The Bertz CT molecular complexity index is 885. The molecule has 5 heteroatoms. The highest BCUT2D eigenvalue weighted by Crippen LogP contribution is 2.32. The SMILES string of the molecule is COc1ccc(S(=O)(=O)Cc2ccccc2)cc1-c1ccc[nH]1. The van der Waals surface area contributed by atoms with E-state index in [2.05, 4.69) is 4.98 Å². The molecule has 0 aliphatic rings. The van der Waals surface area contributed by atoms with Gasteiger partial charge in [-0.1, -0.05) is 30.3 Å². The van der Waals surface area contributed by atoms with Crippen LogP contribution in [0.3, 0.4) is 0 Å². The van der Waals surface area contributed by atoms with E-state index >= 15 is 0 Å². The number of aromatic amines is 1. The molecular formula is C18H17NO3S. The molecule has 2 aromatic carbocycles. The van der Waals surface area contributed by atoms with Crippen LogP contribution in [0.4, 0.5) is 0 Å². The van der Waals surface area contributed by atoms with Crippen LogP contribution in [0.2, 0.25) is 0 Å². The van der Waals surface area contributed by atoms with Gasteiger partial charge in [-0.2, -0.15) is 0 Å². The van der Waals surface area contributed by atoms with Crippen LogP contribution in [0.1, 0.15) is 5.56 Å². The molecular weight excluding hydrogens is 310 g/mol. The Hall–Kier alpha value is -2.53. The number of nitrogens with one attached hydrogen (secondary N) is 1. The highest BCUT2D eigenvalue weighted by atomic mass is 32.2. The van der Waals surface area contributed by atoms with Gasteiger partial charge in [0.25, 0.3) is 0 Å². The van der Waals surface area contributed by atoms with Gasteiger partial charge in [0, 0.05) is 17.5 Å². The lowest BCUT2D eigenvalue weighted by molar-refractivity contribution is 0.416. The van der Waals surface area contributed by atoms with E-state index in [1.165, 1.54) is 0 Å². The molecule has 0 saturated heterocycles. The number of methoxy groups -OCH3 is 1. The zero-order chi connectivity index (χ0) is 16.3. The molecule has 0 saturated carbocycles. The van der Waals surface area contributed by atoms with Crippen molar-refractivity contribution in [2.75, 3.05) is 7.11 Å². The van der Waals surface area contributed by atoms with Gasteiger partial charge in [-0.05, 0) is 35.9 Å². The van der Waals surface area contributed by atoms with Gasteiger partial charge in [-0.25, -0.2) is 8.42 Å². The third kappa shape index (κ3) is 3.29. The van der Waals surface area contributed by atoms with Gasteiger partial charge in [0.2, 0.25) is 0 Å². The van der Waals surface area contributed by atoms with E-state index in [1.807, 2.05) is 42.5 Å². The lowest BCUT2D eigenvalue weighted by Gasteiger charge is -2.11. The van der Waals surface area contributed by atoms with Crippen LogP contribution in [0, 0.1) is 0 Å². The summed E-state index contributed by atoms with van der Waals surface area (Å²) in [7, 11) is -1.85. The van der Waals surface area contributed by atoms with Gasteiger partial charge in [-0.3, -0.25) is 0 Å². The van der Waals surface area contributed by atoms with E-state index in [9.17, 15) is 8.42 Å². The monoisotopic (exact) mass is 327 g/mol. The van der Waals surface area contributed by atoms with Gasteiger partial charge in [0.05, 0.1) is 17.8 Å². The fourth-order valence-corrected chi connectivity index (χ4v) is 3.84. The average molecular weight is 327 g/mol. The summed E-state index contributed by atoms with van der Waals surface area (Å²) >= 11 is 0. The minimum absolute atomic E-state index is 0.0235. The number of hydrogen-bond donors (Lipinski definition) is 1. The zero-order valence-electron chi connectivity index (χ0n) is 12.7. The lowest BCUT2D eigenvalue weighted by Crippen LogP contribution is -2.05. The van der Waals surface area contributed by atoms with Crippen molar-refractivity contribution < 1.29 is 13.2 Å². The van der Waals surface area contributed by atoms with Crippen molar-refractivity contribution >= 4 is 9.84 Å². The number of benzene rings is 2. The predicted octanol–water partition coefficient (Wildman–Crippen LogP) is 3.66. The summed E-state index contributed by atoms with van der Waals surface area (Å²) in [6, 6.07) is 17.8. The predicted molar refractivity (Wildman–Crippen MR) is 90.1 cm³/mol. The zero-order valence-corrected chi connectivity index (χ0v) is 13.5. The van der Waals surface area contributed by atoms with Crippen LogP contribution in [-0.2, 0) is 15.6 Å². The number of aromatic nitrogens is 1. The van der Waals surface area contributed by atoms with Crippen LogP contribution >= 0.6 is 0 Å². The number of H-pyrrole nitrogens is 1. The second kappa shape index (κ2) is 6.30. The van der Waals surface area contributed by atoms with Crippen molar-refractivity contribution in [3.63, 3.8) is 0 Å². The molecule has 0 atom stereocenters. The molecule has 118 valence electrons. The molecule has 0 bridgehead atoms. The van der Waals surface area contributed by atoms with Crippen LogP contribution < -0.4 is 4.74 Å². The highest BCUT2D eigenvalue weighted by molar-refractivity contribution is 7.90. The minimum atomic E-state index is -3.42. The molecule has 1 aromatic heterocycles. The van der Waals surface area contributed by atoms with Crippen molar-refractivity contribution in [3.05, 3.63) is 72.4 Å². The fourth-order valence-electron chi connectivity index (χ4n) is 2.47. The summed E-state index contributed by atoms with van der Waals surface area (Å²) in [5.41, 5.74) is 2.31. The average Bonchev–Trinajstić information content (AvgIpc) is 3.09. The van der Waals surface area contributed by atoms with Crippen LogP contribution in [-0.4, -0.2) is 20.5 Å². The first-order chi connectivity index (χ1) is 11.1. The number of ether oxygens (including phenoxy) is 1. The fraction of sp³-hybridized carbons (Fsp3) is 0.111. The maximum absolute atomic E-state index is 12.7. The lowest BCUT2D eigenvalue weighted by atomic mass is 10.1. The standard InChI is InChI=1S/C18H17NO3S/c1-22-18-10-9-15(12-16(18)17-8-5-11-19-17)23(20,21)13-14-6-3-2-4-7-14/h2-12,19H,13H2,1H3. The first kappa shape index (κ1) is 15.4.